The first kappa shape index (κ1) is 17.7. The Balaban J connectivity index is 2.93. The molecule has 21 heavy (non-hydrogen) atoms. The van der Waals surface area contributed by atoms with E-state index in [0.29, 0.717) is 17.7 Å². The molecule has 1 rings (SSSR count). The van der Waals surface area contributed by atoms with E-state index >= 15 is 0 Å². The van der Waals surface area contributed by atoms with E-state index in [1.807, 2.05) is 6.07 Å². The highest BCUT2D eigenvalue weighted by atomic mass is 15.3. The average Bonchev–Trinajstić information content (AvgIpc) is 2.46. The summed E-state index contributed by atoms with van der Waals surface area (Å²) in [5.74, 6) is 9.41. The van der Waals surface area contributed by atoms with Crippen LogP contribution in [0.3, 0.4) is 0 Å². The molecule has 0 aromatic carbocycles. The van der Waals surface area contributed by atoms with Crippen molar-refractivity contribution >= 4 is 11.6 Å². The number of anilines is 2. The summed E-state index contributed by atoms with van der Waals surface area (Å²) in [6.45, 7) is 13.1. The number of aryl methyl sites for hydroxylation is 1. The molecular formula is C16H31N5. The quantitative estimate of drug-likeness (QED) is 0.540. The van der Waals surface area contributed by atoms with Crippen molar-refractivity contribution in [3.05, 3.63) is 11.9 Å². The highest BCUT2D eigenvalue weighted by molar-refractivity contribution is 5.48. The summed E-state index contributed by atoms with van der Waals surface area (Å²) in [4.78, 5) is 11.4. The van der Waals surface area contributed by atoms with Crippen LogP contribution in [-0.4, -0.2) is 23.1 Å². The second kappa shape index (κ2) is 8.82. The van der Waals surface area contributed by atoms with Crippen LogP contribution in [0.1, 0.15) is 53.3 Å². The topological polar surface area (TPSA) is 67.1 Å². The van der Waals surface area contributed by atoms with Gasteiger partial charge in [0.1, 0.15) is 17.5 Å². The lowest BCUT2D eigenvalue weighted by atomic mass is 10.1. The van der Waals surface area contributed by atoms with Crippen LogP contribution in [0, 0.1) is 11.8 Å². The van der Waals surface area contributed by atoms with Crippen molar-refractivity contribution in [1.29, 1.82) is 0 Å². The van der Waals surface area contributed by atoms with Crippen molar-refractivity contribution < 1.29 is 0 Å². The lowest BCUT2D eigenvalue weighted by Gasteiger charge is -2.26. The molecule has 5 nitrogen and oxygen atoms in total. The molecule has 0 radical (unpaired) electrons. The zero-order chi connectivity index (χ0) is 15.8. The molecule has 0 aliphatic carbocycles. The Hall–Kier alpha value is -1.36. The van der Waals surface area contributed by atoms with E-state index < -0.39 is 0 Å². The molecule has 0 atom stereocenters. The third kappa shape index (κ3) is 6.29. The van der Waals surface area contributed by atoms with E-state index in [4.69, 9.17) is 5.84 Å². The van der Waals surface area contributed by atoms with E-state index in [1.54, 1.807) is 0 Å². The highest BCUT2D eigenvalue weighted by Gasteiger charge is 2.12. The third-order valence-electron chi connectivity index (χ3n) is 3.50. The van der Waals surface area contributed by atoms with Crippen LogP contribution in [0.4, 0.5) is 11.6 Å². The van der Waals surface area contributed by atoms with E-state index in [1.165, 1.54) is 0 Å². The second-order valence-electron chi connectivity index (χ2n) is 6.38. The number of nitrogens with two attached hydrogens (primary N) is 1. The van der Waals surface area contributed by atoms with Gasteiger partial charge in [-0.3, -0.25) is 0 Å². The van der Waals surface area contributed by atoms with Gasteiger partial charge in [-0.1, -0.05) is 34.6 Å². The van der Waals surface area contributed by atoms with Crippen LogP contribution in [0.2, 0.25) is 0 Å². The van der Waals surface area contributed by atoms with Crippen molar-refractivity contribution in [2.24, 2.45) is 17.7 Å². The van der Waals surface area contributed by atoms with E-state index in [2.05, 4.69) is 54.9 Å². The predicted octanol–water partition coefficient (Wildman–Crippen LogP) is 3.22. The number of hydrogen-bond acceptors (Lipinski definition) is 5. The van der Waals surface area contributed by atoms with Crippen molar-refractivity contribution in [3.8, 4) is 0 Å². The van der Waals surface area contributed by atoms with E-state index in [-0.39, 0.29) is 0 Å². The number of hydrazine groups is 1. The van der Waals surface area contributed by atoms with Gasteiger partial charge in [0.2, 0.25) is 0 Å². The van der Waals surface area contributed by atoms with Crippen molar-refractivity contribution in [3.63, 3.8) is 0 Å². The molecular weight excluding hydrogens is 262 g/mol. The molecule has 0 saturated carbocycles. The van der Waals surface area contributed by atoms with E-state index in [0.717, 1.165) is 44.0 Å². The van der Waals surface area contributed by atoms with Gasteiger partial charge in [-0.25, -0.2) is 15.8 Å². The number of aromatic nitrogens is 2. The van der Waals surface area contributed by atoms with Gasteiger partial charge in [-0.2, -0.15) is 0 Å². The lowest BCUT2D eigenvalue weighted by Crippen LogP contribution is -2.29. The van der Waals surface area contributed by atoms with Gasteiger partial charge in [0.25, 0.3) is 0 Å². The summed E-state index contributed by atoms with van der Waals surface area (Å²) >= 11 is 0. The second-order valence-corrected chi connectivity index (χ2v) is 6.38. The Bertz CT molecular complexity index is 383. The number of nitrogens with one attached hydrogen (secondary N) is 1. The lowest BCUT2D eigenvalue weighted by molar-refractivity contribution is 0.532. The Morgan fingerprint density at radius 2 is 1.67 bits per heavy atom. The summed E-state index contributed by atoms with van der Waals surface area (Å²) in [6, 6.07) is 1.94. The van der Waals surface area contributed by atoms with Gasteiger partial charge in [0, 0.05) is 25.6 Å². The normalized spacial score (nSPS) is 11.2. The number of nitrogen functional groups attached to an aromatic ring is 1. The van der Waals surface area contributed by atoms with E-state index in [9.17, 15) is 0 Å². The Kier molecular flexibility index (Phi) is 7.43. The number of nitrogens with zero attached hydrogens (tertiary/aromatic N) is 3. The van der Waals surface area contributed by atoms with Crippen molar-refractivity contribution in [1.82, 2.24) is 9.97 Å². The summed E-state index contributed by atoms with van der Waals surface area (Å²) in [6.07, 6.45) is 3.13. The zero-order valence-corrected chi connectivity index (χ0v) is 14.2. The van der Waals surface area contributed by atoms with Crippen LogP contribution in [0.5, 0.6) is 0 Å². The van der Waals surface area contributed by atoms with Crippen LogP contribution in [0.25, 0.3) is 0 Å². The molecule has 0 unspecified atom stereocenters. The molecule has 120 valence electrons. The summed E-state index contributed by atoms with van der Waals surface area (Å²) in [7, 11) is 0. The summed E-state index contributed by atoms with van der Waals surface area (Å²) in [5, 5.41) is 0. The number of rotatable bonds is 9. The van der Waals surface area contributed by atoms with Gasteiger partial charge in [-0.15, -0.1) is 0 Å². The molecule has 1 aromatic rings. The molecule has 1 heterocycles. The zero-order valence-electron chi connectivity index (χ0n) is 14.2. The number of hydrogen-bond donors (Lipinski definition) is 2. The van der Waals surface area contributed by atoms with Crippen LogP contribution >= 0.6 is 0 Å². The minimum absolute atomic E-state index is 0.686. The SMILES string of the molecule is CCc1nc(NN)cc(N(CCC(C)C)CCC(C)C)n1. The summed E-state index contributed by atoms with van der Waals surface area (Å²) in [5.41, 5.74) is 2.65. The molecule has 0 bridgehead atoms. The van der Waals surface area contributed by atoms with Gasteiger partial charge >= 0.3 is 0 Å². The first-order valence-corrected chi connectivity index (χ1v) is 8.05. The molecule has 5 heteroatoms. The van der Waals surface area contributed by atoms with Gasteiger partial charge in [0.15, 0.2) is 0 Å². The minimum atomic E-state index is 0.686. The molecule has 0 amide bonds. The molecule has 1 aromatic heterocycles. The standard InChI is InChI=1S/C16H31N5/c1-6-14-18-15(20-17)11-16(19-14)21(9-7-12(2)3)10-8-13(4)5/h11-13H,6-10,17H2,1-5H3,(H,18,19,20). The molecule has 0 spiro atoms. The smallest absolute Gasteiger partial charge is 0.145 e. The van der Waals surface area contributed by atoms with Crippen LogP contribution < -0.4 is 16.2 Å². The molecule has 0 aliphatic rings. The Labute approximate surface area is 129 Å². The molecule has 3 N–H and O–H groups in total. The first-order valence-electron chi connectivity index (χ1n) is 8.05. The van der Waals surface area contributed by atoms with Crippen LogP contribution in [0.15, 0.2) is 6.07 Å². The maximum absolute atomic E-state index is 5.53. The minimum Gasteiger partial charge on any atom is -0.356 e. The fourth-order valence-electron chi connectivity index (χ4n) is 2.05. The predicted molar refractivity (Wildman–Crippen MR) is 90.3 cm³/mol. The molecule has 0 aliphatic heterocycles. The van der Waals surface area contributed by atoms with Crippen LogP contribution in [-0.2, 0) is 6.42 Å². The fraction of sp³-hybridized carbons (Fsp3) is 0.750. The van der Waals surface area contributed by atoms with Crippen molar-refractivity contribution in [2.75, 3.05) is 23.4 Å². The summed E-state index contributed by atoms with van der Waals surface area (Å²) < 4.78 is 0. The monoisotopic (exact) mass is 293 g/mol. The maximum Gasteiger partial charge on any atom is 0.145 e. The first-order chi connectivity index (χ1) is 9.96. The molecule has 0 fully saturated rings. The Morgan fingerprint density at radius 1 is 1.10 bits per heavy atom. The van der Waals surface area contributed by atoms with Crippen molar-refractivity contribution in [2.45, 2.75) is 53.9 Å². The highest BCUT2D eigenvalue weighted by Crippen LogP contribution is 2.18. The Morgan fingerprint density at radius 3 is 2.10 bits per heavy atom. The average molecular weight is 293 g/mol. The van der Waals surface area contributed by atoms with Gasteiger partial charge < -0.3 is 10.3 Å². The maximum atomic E-state index is 5.53. The largest absolute Gasteiger partial charge is 0.356 e. The third-order valence-corrected chi connectivity index (χ3v) is 3.50. The van der Waals surface area contributed by atoms with Gasteiger partial charge in [0.05, 0.1) is 0 Å². The fourth-order valence-corrected chi connectivity index (χ4v) is 2.05. The molecule has 0 saturated heterocycles. The van der Waals surface area contributed by atoms with Gasteiger partial charge in [-0.05, 0) is 24.7 Å².